The summed E-state index contributed by atoms with van der Waals surface area (Å²) in [7, 11) is -3.68. The van der Waals surface area contributed by atoms with Gasteiger partial charge in [0.2, 0.25) is 0 Å². The molecule has 1 aromatic heterocycles. The van der Waals surface area contributed by atoms with Gasteiger partial charge in [0.1, 0.15) is 9.96 Å². The highest BCUT2D eigenvalue weighted by Crippen LogP contribution is 2.26. The molecule has 0 bridgehead atoms. The number of nitrogens with zero attached hydrogens (tertiary/aromatic N) is 1. The molecule has 0 spiro atoms. The zero-order chi connectivity index (χ0) is 17.0. The van der Waals surface area contributed by atoms with Crippen LogP contribution in [0.3, 0.4) is 0 Å². The lowest BCUT2D eigenvalue weighted by Gasteiger charge is -2.19. The smallest absolute Gasteiger partial charge is 0.271 e. The maximum absolute atomic E-state index is 12.2. The Morgan fingerprint density at radius 3 is 2.48 bits per heavy atom. The Labute approximate surface area is 139 Å². The summed E-state index contributed by atoms with van der Waals surface area (Å²) in [5.74, 6) is -0.548. The van der Waals surface area contributed by atoms with Gasteiger partial charge in [0, 0.05) is 19.2 Å². The first-order chi connectivity index (χ1) is 10.9. The van der Waals surface area contributed by atoms with Crippen molar-refractivity contribution in [3.63, 3.8) is 0 Å². The van der Waals surface area contributed by atoms with Crippen molar-refractivity contribution in [3.8, 4) is 5.75 Å². The summed E-state index contributed by atoms with van der Waals surface area (Å²) >= 11 is 1.10. The Morgan fingerprint density at radius 1 is 1.26 bits per heavy atom. The summed E-state index contributed by atoms with van der Waals surface area (Å²) in [5.41, 5.74) is 0.347. The minimum Gasteiger partial charge on any atom is -0.507 e. The Balaban J connectivity index is 2.25. The van der Waals surface area contributed by atoms with Gasteiger partial charge in [-0.2, -0.15) is 0 Å². The van der Waals surface area contributed by atoms with Gasteiger partial charge in [0.25, 0.3) is 15.9 Å². The molecule has 23 heavy (non-hydrogen) atoms. The number of anilines is 1. The van der Waals surface area contributed by atoms with Gasteiger partial charge in [0.05, 0.1) is 11.3 Å². The maximum atomic E-state index is 12.2. The molecule has 124 valence electrons. The lowest BCUT2D eigenvalue weighted by molar-refractivity contribution is 0.0770. The number of phenolic OH excluding ortho intramolecular Hbond substituents is 1. The number of hydrogen-bond donors (Lipinski definition) is 2. The van der Waals surface area contributed by atoms with Crippen LogP contribution in [0.25, 0.3) is 0 Å². The van der Waals surface area contributed by atoms with Crippen molar-refractivity contribution in [2.75, 3.05) is 17.8 Å². The second kappa shape index (κ2) is 7.01. The van der Waals surface area contributed by atoms with Crippen LogP contribution in [0.15, 0.2) is 39.9 Å². The lowest BCUT2D eigenvalue weighted by Crippen LogP contribution is -2.30. The number of carbonyl (C=O) groups is 1. The number of thiophene rings is 1. The van der Waals surface area contributed by atoms with E-state index in [-0.39, 0.29) is 27.1 Å². The van der Waals surface area contributed by atoms with Gasteiger partial charge in [-0.25, -0.2) is 8.42 Å². The Bertz CT molecular complexity index is 782. The lowest BCUT2D eigenvalue weighted by atomic mass is 10.1. The monoisotopic (exact) mass is 354 g/mol. The molecular weight excluding hydrogens is 336 g/mol. The van der Waals surface area contributed by atoms with Crippen molar-refractivity contribution in [1.82, 2.24) is 4.90 Å². The van der Waals surface area contributed by atoms with Crippen LogP contribution < -0.4 is 4.72 Å². The van der Waals surface area contributed by atoms with E-state index in [1.807, 2.05) is 13.8 Å². The van der Waals surface area contributed by atoms with Crippen molar-refractivity contribution < 1.29 is 18.3 Å². The van der Waals surface area contributed by atoms with Crippen LogP contribution in [-0.2, 0) is 10.0 Å². The molecule has 0 aliphatic heterocycles. The fourth-order valence-electron chi connectivity index (χ4n) is 2.08. The predicted molar refractivity (Wildman–Crippen MR) is 90.5 cm³/mol. The molecule has 0 atom stereocenters. The molecule has 1 heterocycles. The highest BCUT2D eigenvalue weighted by Gasteiger charge is 2.19. The summed E-state index contributed by atoms with van der Waals surface area (Å²) in [6.45, 7) is 4.76. The first kappa shape index (κ1) is 17.3. The van der Waals surface area contributed by atoms with E-state index in [4.69, 9.17) is 0 Å². The number of phenols is 1. The molecule has 1 aromatic carbocycles. The van der Waals surface area contributed by atoms with Crippen molar-refractivity contribution in [3.05, 3.63) is 41.3 Å². The predicted octanol–water partition coefficient (Wildman–Crippen LogP) is 2.74. The third kappa shape index (κ3) is 3.83. The molecule has 0 aliphatic rings. The van der Waals surface area contributed by atoms with Crippen LogP contribution in [0.2, 0.25) is 0 Å². The average molecular weight is 354 g/mol. The van der Waals surface area contributed by atoms with Crippen LogP contribution in [0.1, 0.15) is 24.2 Å². The zero-order valence-electron chi connectivity index (χ0n) is 12.8. The quantitative estimate of drug-likeness (QED) is 0.835. The van der Waals surface area contributed by atoms with E-state index in [0.29, 0.717) is 13.1 Å². The number of carbonyl (C=O) groups excluding carboxylic acids is 1. The molecule has 0 fully saturated rings. The van der Waals surface area contributed by atoms with Crippen molar-refractivity contribution in [2.45, 2.75) is 18.1 Å². The number of benzene rings is 1. The topological polar surface area (TPSA) is 86.7 Å². The molecule has 2 N–H and O–H groups in total. The van der Waals surface area contributed by atoms with E-state index in [1.54, 1.807) is 16.3 Å². The zero-order valence-corrected chi connectivity index (χ0v) is 14.4. The van der Waals surface area contributed by atoms with E-state index >= 15 is 0 Å². The summed E-state index contributed by atoms with van der Waals surface area (Å²) in [5, 5.41) is 11.7. The van der Waals surface area contributed by atoms with Crippen molar-refractivity contribution in [2.24, 2.45) is 0 Å². The average Bonchev–Trinajstić information content (AvgIpc) is 3.03. The summed E-state index contributed by atoms with van der Waals surface area (Å²) < 4.78 is 26.8. The van der Waals surface area contributed by atoms with Gasteiger partial charge >= 0.3 is 0 Å². The van der Waals surface area contributed by atoms with Gasteiger partial charge < -0.3 is 10.0 Å². The number of rotatable bonds is 6. The van der Waals surface area contributed by atoms with Crippen LogP contribution in [0.4, 0.5) is 5.69 Å². The minimum atomic E-state index is -3.68. The summed E-state index contributed by atoms with van der Waals surface area (Å²) in [6, 6.07) is 7.25. The van der Waals surface area contributed by atoms with Crippen molar-refractivity contribution >= 4 is 33.0 Å². The first-order valence-electron chi connectivity index (χ1n) is 7.07. The molecule has 0 saturated carbocycles. The molecular formula is C15H18N2O4S2. The second-order valence-corrected chi connectivity index (χ2v) is 7.60. The highest BCUT2D eigenvalue weighted by atomic mass is 32.2. The first-order valence-corrected chi connectivity index (χ1v) is 9.44. The third-order valence-corrected chi connectivity index (χ3v) is 6.07. The number of nitrogens with one attached hydrogen (secondary N) is 1. The Morgan fingerprint density at radius 2 is 1.96 bits per heavy atom. The molecule has 0 unspecified atom stereocenters. The SMILES string of the molecule is CCN(CC)C(=O)c1ccc(NS(=O)(=O)c2cccs2)cc1O. The Kier molecular flexibility index (Phi) is 5.27. The minimum absolute atomic E-state index is 0.146. The van der Waals surface area contributed by atoms with Crippen LogP contribution >= 0.6 is 11.3 Å². The van der Waals surface area contributed by atoms with Crippen LogP contribution in [0, 0.1) is 0 Å². The number of hydrogen-bond acceptors (Lipinski definition) is 5. The van der Waals surface area contributed by atoms with E-state index in [2.05, 4.69) is 4.72 Å². The third-order valence-electron chi connectivity index (χ3n) is 3.29. The molecule has 2 rings (SSSR count). The standard InChI is InChI=1S/C15H18N2O4S2/c1-3-17(4-2)15(19)12-8-7-11(10-13(12)18)16-23(20,21)14-6-5-9-22-14/h5-10,16,18H,3-4H2,1-2H3. The van der Waals surface area contributed by atoms with Gasteiger partial charge in [-0.15, -0.1) is 11.3 Å². The Hall–Kier alpha value is -2.06. The molecule has 0 saturated heterocycles. The van der Waals surface area contributed by atoms with Crippen LogP contribution in [-0.4, -0.2) is 37.4 Å². The van der Waals surface area contributed by atoms with Crippen LogP contribution in [0.5, 0.6) is 5.75 Å². The number of amides is 1. The van der Waals surface area contributed by atoms with Crippen molar-refractivity contribution in [1.29, 1.82) is 0 Å². The molecule has 6 nitrogen and oxygen atoms in total. The van der Waals surface area contributed by atoms with E-state index < -0.39 is 10.0 Å². The van der Waals surface area contributed by atoms with E-state index in [9.17, 15) is 18.3 Å². The molecule has 0 radical (unpaired) electrons. The molecule has 1 amide bonds. The fraction of sp³-hybridized carbons (Fsp3) is 0.267. The normalized spacial score (nSPS) is 11.2. The maximum Gasteiger partial charge on any atom is 0.271 e. The van der Waals surface area contributed by atoms with Gasteiger partial charge in [-0.1, -0.05) is 6.07 Å². The second-order valence-electron chi connectivity index (χ2n) is 4.75. The number of sulfonamides is 1. The number of aromatic hydroxyl groups is 1. The fourth-order valence-corrected chi connectivity index (χ4v) is 4.12. The molecule has 2 aromatic rings. The van der Waals surface area contributed by atoms with Gasteiger partial charge in [0.15, 0.2) is 0 Å². The summed E-state index contributed by atoms with van der Waals surface area (Å²) in [4.78, 5) is 13.8. The largest absolute Gasteiger partial charge is 0.507 e. The molecule has 8 heteroatoms. The summed E-state index contributed by atoms with van der Waals surface area (Å²) in [6.07, 6.45) is 0. The molecule has 0 aliphatic carbocycles. The van der Waals surface area contributed by atoms with Gasteiger partial charge in [-0.3, -0.25) is 9.52 Å². The van der Waals surface area contributed by atoms with Gasteiger partial charge in [-0.05, 0) is 37.4 Å². The van der Waals surface area contributed by atoms with E-state index in [0.717, 1.165) is 11.3 Å². The van der Waals surface area contributed by atoms with E-state index in [1.165, 1.54) is 24.3 Å². The highest BCUT2D eigenvalue weighted by molar-refractivity contribution is 7.94.